The highest BCUT2D eigenvalue weighted by Crippen LogP contribution is 2.36. The van der Waals surface area contributed by atoms with Crippen molar-refractivity contribution in [3.8, 4) is 11.4 Å². The Balaban J connectivity index is 1.59. The van der Waals surface area contributed by atoms with E-state index in [9.17, 15) is 9.59 Å². The third kappa shape index (κ3) is 3.97. The number of morpholine rings is 1. The molecule has 2 atom stereocenters. The second-order valence-corrected chi connectivity index (χ2v) is 8.28. The van der Waals surface area contributed by atoms with Gasteiger partial charge in [-0.3, -0.25) is 9.59 Å². The minimum absolute atomic E-state index is 0.0963. The highest BCUT2D eigenvalue weighted by Gasteiger charge is 2.32. The van der Waals surface area contributed by atoms with Gasteiger partial charge < -0.3 is 19.7 Å². The van der Waals surface area contributed by atoms with Gasteiger partial charge in [-0.25, -0.2) is 4.68 Å². The molecular weight excluding hydrogens is 392 g/mol. The normalized spacial score (nSPS) is 21.0. The summed E-state index contributed by atoms with van der Waals surface area (Å²) in [6, 6.07) is 7.42. The number of carbonyl (C=O) groups is 2. The topological polar surface area (TPSA) is 85.7 Å². The van der Waals surface area contributed by atoms with E-state index in [4.69, 9.17) is 9.47 Å². The number of hydrogen-bond acceptors (Lipinski definition) is 6. The van der Waals surface area contributed by atoms with Crippen LogP contribution in [0.3, 0.4) is 0 Å². The van der Waals surface area contributed by atoms with E-state index in [0.29, 0.717) is 18.9 Å². The second-order valence-electron chi connectivity index (χ2n) is 7.30. The third-order valence-electron chi connectivity index (χ3n) is 5.00. The number of nitrogens with one attached hydrogen (secondary N) is 1. The van der Waals surface area contributed by atoms with E-state index in [1.54, 1.807) is 28.5 Å². The van der Waals surface area contributed by atoms with E-state index in [-0.39, 0.29) is 12.2 Å². The Bertz CT molecular complexity index is 917. The van der Waals surface area contributed by atoms with Gasteiger partial charge in [-0.05, 0) is 38.1 Å². The molecule has 4 rings (SSSR count). The summed E-state index contributed by atoms with van der Waals surface area (Å²) in [5, 5.41) is 7.49. The molecule has 0 spiro atoms. The van der Waals surface area contributed by atoms with Crippen LogP contribution in [-0.2, 0) is 25.8 Å². The number of ether oxygens (including phenoxy) is 2. The Hall–Kier alpha value is -2.52. The van der Waals surface area contributed by atoms with E-state index in [2.05, 4.69) is 10.4 Å². The number of amides is 2. The minimum Gasteiger partial charge on any atom is -0.497 e. The van der Waals surface area contributed by atoms with Crippen LogP contribution in [0.1, 0.15) is 25.1 Å². The maximum absolute atomic E-state index is 12.8. The van der Waals surface area contributed by atoms with Gasteiger partial charge in [-0.1, -0.05) is 0 Å². The molecule has 0 aliphatic carbocycles. The number of fused-ring (bicyclic) bond motifs is 1. The van der Waals surface area contributed by atoms with Gasteiger partial charge in [-0.15, -0.1) is 0 Å². The van der Waals surface area contributed by atoms with Gasteiger partial charge in [-0.2, -0.15) is 16.9 Å². The summed E-state index contributed by atoms with van der Waals surface area (Å²) >= 11 is 1.74. The van der Waals surface area contributed by atoms with Crippen molar-refractivity contribution < 1.29 is 19.1 Å². The maximum atomic E-state index is 12.8. The number of methoxy groups -OCH3 is 1. The Morgan fingerprint density at radius 1 is 1.17 bits per heavy atom. The molecule has 1 fully saturated rings. The number of anilines is 1. The van der Waals surface area contributed by atoms with Crippen LogP contribution in [0.4, 0.5) is 5.82 Å². The third-order valence-corrected chi connectivity index (χ3v) is 5.97. The van der Waals surface area contributed by atoms with Crippen molar-refractivity contribution in [1.82, 2.24) is 14.7 Å². The van der Waals surface area contributed by atoms with Crippen LogP contribution in [0.2, 0.25) is 0 Å². The summed E-state index contributed by atoms with van der Waals surface area (Å²) in [6.45, 7) is 4.61. The van der Waals surface area contributed by atoms with Gasteiger partial charge in [0, 0.05) is 30.2 Å². The molecule has 1 aromatic carbocycles. The molecule has 8 nitrogen and oxygen atoms in total. The molecule has 0 unspecified atom stereocenters. The molecule has 1 aromatic heterocycles. The van der Waals surface area contributed by atoms with Crippen LogP contribution < -0.4 is 10.1 Å². The maximum Gasteiger partial charge on any atom is 0.315 e. The smallest absolute Gasteiger partial charge is 0.315 e. The summed E-state index contributed by atoms with van der Waals surface area (Å²) in [5.74, 6) is 1.63. The van der Waals surface area contributed by atoms with Gasteiger partial charge in [0.05, 0.1) is 30.7 Å². The van der Waals surface area contributed by atoms with Crippen LogP contribution in [0.25, 0.3) is 5.69 Å². The standard InChI is InChI=1S/C20H24N4O4S/c1-12-8-23(9-13(2)28-12)20(26)19(25)21-18-16-10-29-11-17(16)22-24(18)14-4-6-15(27-3)7-5-14/h4-7,12-13H,8-11H2,1-3H3,(H,21,25)/t12-,13+. The summed E-state index contributed by atoms with van der Waals surface area (Å²) in [6.07, 6.45) is -0.193. The zero-order valence-electron chi connectivity index (χ0n) is 16.7. The first-order valence-electron chi connectivity index (χ1n) is 9.55. The first kappa shape index (κ1) is 19.8. The fourth-order valence-electron chi connectivity index (χ4n) is 3.70. The van der Waals surface area contributed by atoms with Crippen LogP contribution in [-0.4, -0.2) is 58.9 Å². The first-order valence-corrected chi connectivity index (χ1v) is 10.7. The van der Waals surface area contributed by atoms with E-state index in [1.165, 1.54) is 0 Å². The zero-order valence-corrected chi connectivity index (χ0v) is 17.5. The van der Waals surface area contributed by atoms with Crippen molar-refractivity contribution in [3.63, 3.8) is 0 Å². The molecular formula is C20H24N4O4S. The Kier molecular flexibility index (Phi) is 5.51. The number of aromatic nitrogens is 2. The highest BCUT2D eigenvalue weighted by atomic mass is 32.2. The van der Waals surface area contributed by atoms with Gasteiger partial charge >= 0.3 is 11.8 Å². The fourth-order valence-corrected chi connectivity index (χ4v) is 4.73. The van der Waals surface area contributed by atoms with Crippen LogP contribution in [0.5, 0.6) is 5.75 Å². The van der Waals surface area contributed by atoms with Gasteiger partial charge in [0.15, 0.2) is 0 Å². The van der Waals surface area contributed by atoms with Gasteiger partial charge in [0.25, 0.3) is 0 Å². The van der Waals surface area contributed by atoms with Crippen molar-refractivity contribution >= 4 is 29.4 Å². The lowest BCUT2D eigenvalue weighted by atomic mass is 10.2. The summed E-state index contributed by atoms with van der Waals surface area (Å²) < 4.78 is 12.6. The van der Waals surface area contributed by atoms with Crippen LogP contribution >= 0.6 is 11.8 Å². The molecule has 2 aliphatic rings. The van der Waals surface area contributed by atoms with Crippen LogP contribution in [0.15, 0.2) is 24.3 Å². The molecule has 1 N–H and O–H groups in total. The van der Waals surface area contributed by atoms with Gasteiger partial charge in [0.2, 0.25) is 0 Å². The predicted molar refractivity (Wildman–Crippen MR) is 110 cm³/mol. The van der Waals surface area contributed by atoms with Crippen LogP contribution in [0, 0.1) is 0 Å². The molecule has 3 heterocycles. The van der Waals surface area contributed by atoms with E-state index < -0.39 is 11.8 Å². The first-order chi connectivity index (χ1) is 14.0. The summed E-state index contributed by atoms with van der Waals surface area (Å²) in [7, 11) is 1.61. The number of rotatable bonds is 3. The number of nitrogens with zero attached hydrogens (tertiary/aromatic N) is 3. The summed E-state index contributed by atoms with van der Waals surface area (Å²) in [5.41, 5.74) is 2.69. The Morgan fingerprint density at radius 3 is 2.52 bits per heavy atom. The molecule has 29 heavy (non-hydrogen) atoms. The van der Waals surface area contributed by atoms with E-state index in [1.807, 2.05) is 38.1 Å². The number of benzene rings is 1. The minimum atomic E-state index is -0.652. The quantitative estimate of drug-likeness (QED) is 0.772. The molecule has 0 radical (unpaired) electrons. The molecule has 2 aromatic rings. The molecule has 1 saturated heterocycles. The molecule has 154 valence electrons. The average Bonchev–Trinajstić information content (AvgIpc) is 3.29. The number of hydrogen-bond donors (Lipinski definition) is 1. The van der Waals surface area contributed by atoms with Crippen molar-refractivity contribution in [3.05, 3.63) is 35.5 Å². The Morgan fingerprint density at radius 2 is 1.86 bits per heavy atom. The lowest BCUT2D eigenvalue weighted by molar-refractivity contribution is -0.151. The number of carbonyl (C=O) groups excluding carboxylic acids is 2. The van der Waals surface area contributed by atoms with Crippen molar-refractivity contribution in [2.45, 2.75) is 37.6 Å². The fraction of sp³-hybridized carbons (Fsp3) is 0.450. The Labute approximate surface area is 173 Å². The monoisotopic (exact) mass is 416 g/mol. The SMILES string of the molecule is COc1ccc(-n2nc3c(c2NC(=O)C(=O)N2C[C@@H](C)O[C@@H](C)C2)CSC3)cc1. The highest BCUT2D eigenvalue weighted by molar-refractivity contribution is 7.98. The van der Waals surface area contributed by atoms with Crippen molar-refractivity contribution in [2.75, 3.05) is 25.5 Å². The second kappa shape index (κ2) is 8.08. The zero-order chi connectivity index (χ0) is 20.5. The average molecular weight is 417 g/mol. The molecule has 2 aliphatic heterocycles. The predicted octanol–water partition coefficient (Wildman–Crippen LogP) is 2.20. The van der Waals surface area contributed by atoms with Crippen molar-refractivity contribution in [1.29, 1.82) is 0 Å². The van der Waals surface area contributed by atoms with E-state index >= 15 is 0 Å². The molecule has 9 heteroatoms. The lowest BCUT2D eigenvalue weighted by Gasteiger charge is -2.34. The van der Waals surface area contributed by atoms with E-state index in [0.717, 1.165) is 34.2 Å². The summed E-state index contributed by atoms with van der Waals surface area (Å²) in [4.78, 5) is 27.1. The molecule has 0 bridgehead atoms. The molecule has 0 saturated carbocycles. The number of thioether (sulfide) groups is 1. The van der Waals surface area contributed by atoms with Gasteiger partial charge in [0.1, 0.15) is 11.6 Å². The lowest BCUT2D eigenvalue weighted by Crippen LogP contribution is -2.51. The van der Waals surface area contributed by atoms with Crippen molar-refractivity contribution in [2.24, 2.45) is 0 Å². The molecule has 2 amide bonds. The largest absolute Gasteiger partial charge is 0.497 e.